The summed E-state index contributed by atoms with van der Waals surface area (Å²) in [4.78, 5) is 35.8. The highest BCUT2D eigenvalue weighted by atomic mass is 32.1. The molecular formula is C21H23NO4S. The third-order valence-electron chi connectivity index (χ3n) is 4.66. The number of carbonyl (C=O) groups excluding carboxylic acids is 3. The number of Topliss-reactive ketones (excluding diaryl/α,β-unsaturated/α-hetero) is 1. The predicted octanol–water partition coefficient (Wildman–Crippen LogP) is 3.56. The Morgan fingerprint density at radius 3 is 2.63 bits per heavy atom. The molecule has 0 saturated heterocycles. The molecule has 1 aliphatic rings. The molecule has 0 aliphatic heterocycles. The van der Waals surface area contributed by atoms with E-state index >= 15 is 0 Å². The molecule has 2 aromatic rings. The molecule has 0 unspecified atom stereocenters. The summed E-state index contributed by atoms with van der Waals surface area (Å²) in [5.74, 6) is -0.749. The summed E-state index contributed by atoms with van der Waals surface area (Å²) >= 11 is 1.46. The first-order valence-electron chi connectivity index (χ1n) is 9.24. The fourth-order valence-corrected chi connectivity index (χ4v) is 3.77. The van der Waals surface area contributed by atoms with Gasteiger partial charge >= 0.3 is 5.97 Å². The minimum absolute atomic E-state index is 0.146. The van der Waals surface area contributed by atoms with E-state index in [0.29, 0.717) is 24.1 Å². The molecule has 0 saturated carbocycles. The number of thiophene rings is 1. The molecular weight excluding hydrogens is 362 g/mol. The zero-order valence-electron chi connectivity index (χ0n) is 15.2. The summed E-state index contributed by atoms with van der Waals surface area (Å²) in [7, 11) is 0. The van der Waals surface area contributed by atoms with Crippen LogP contribution in [0, 0.1) is 0 Å². The molecule has 1 N–H and O–H groups in total. The van der Waals surface area contributed by atoms with Crippen molar-refractivity contribution in [2.24, 2.45) is 0 Å². The number of carbonyl (C=O) groups is 3. The second kappa shape index (κ2) is 9.46. The lowest BCUT2D eigenvalue weighted by Crippen LogP contribution is -2.24. The number of nitrogens with one attached hydrogen (secondary N) is 1. The number of ketones is 1. The van der Waals surface area contributed by atoms with Crippen molar-refractivity contribution in [3.8, 4) is 0 Å². The average Bonchev–Trinajstić information content (AvgIpc) is 3.24. The van der Waals surface area contributed by atoms with Crippen molar-refractivity contribution in [2.45, 2.75) is 38.5 Å². The molecule has 0 spiro atoms. The Morgan fingerprint density at radius 2 is 1.85 bits per heavy atom. The van der Waals surface area contributed by atoms with Crippen LogP contribution in [0.15, 0.2) is 35.0 Å². The van der Waals surface area contributed by atoms with Gasteiger partial charge in [0.15, 0.2) is 12.4 Å². The smallest absolute Gasteiger partial charge is 0.306 e. The second-order valence-corrected chi connectivity index (χ2v) is 7.43. The summed E-state index contributed by atoms with van der Waals surface area (Å²) in [5, 5.41) is 6.37. The standard InChI is InChI=1S/C21H23NO4S/c23-19(17-8-7-15-4-1-2-5-16(15)12-17)13-26-20(24)6-3-10-22-21(25)18-9-11-27-14-18/h7-9,11-12,14H,1-6,10,13H2,(H,22,25). The van der Waals surface area contributed by atoms with Crippen LogP contribution >= 0.6 is 11.3 Å². The van der Waals surface area contributed by atoms with Gasteiger partial charge in [0.25, 0.3) is 5.91 Å². The van der Waals surface area contributed by atoms with Gasteiger partial charge in [-0.3, -0.25) is 14.4 Å². The minimum atomic E-state index is -0.425. The summed E-state index contributed by atoms with van der Waals surface area (Å²) in [6.45, 7) is 0.154. The maximum Gasteiger partial charge on any atom is 0.306 e. The summed E-state index contributed by atoms with van der Waals surface area (Å²) in [5.41, 5.74) is 3.78. The number of aryl methyl sites for hydroxylation is 2. The number of benzene rings is 1. The van der Waals surface area contributed by atoms with Gasteiger partial charge in [-0.25, -0.2) is 0 Å². The molecule has 5 nitrogen and oxygen atoms in total. The van der Waals surface area contributed by atoms with Crippen molar-refractivity contribution in [3.05, 3.63) is 57.3 Å². The third kappa shape index (κ3) is 5.50. The van der Waals surface area contributed by atoms with Gasteiger partial charge in [-0.05, 0) is 60.7 Å². The first-order valence-corrected chi connectivity index (χ1v) is 10.2. The van der Waals surface area contributed by atoms with Crippen molar-refractivity contribution >= 4 is 29.0 Å². The molecule has 0 bridgehead atoms. The Bertz CT molecular complexity index is 814. The second-order valence-electron chi connectivity index (χ2n) is 6.65. The van der Waals surface area contributed by atoms with Crippen molar-refractivity contribution in [1.82, 2.24) is 5.32 Å². The number of fused-ring (bicyclic) bond motifs is 1. The first-order chi connectivity index (χ1) is 13.1. The van der Waals surface area contributed by atoms with Crippen LogP contribution in [-0.4, -0.2) is 30.8 Å². The Morgan fingerprint density at radius 1 is 1.04 bits per heavy atom. The molecule has 1 aromatic heterocycles. The van der Waals surface area contributed by atoms with Crippen LogP contribution in [0.5, 0.6) is 0 Å². The molecule has 1 aromatic carbocycles. The molecule has 1 aliphatic carbocycles. The monoisotopic (exact) mass is 385 g/mol. The van der Waals surface area contributed by atoms with Crippen LogP contribution in [0.25, 0.3) is 0 Å². The zero-order valence-corrected chi connectivity index (χ0v) is 16.0. The number of amides is 1. The third-order valence-corrected chi connectivity index (χ3v) is 5.34. The number of hydrogen-bond acceptors (Lipinski definition) is 5. The predicted molar refractivity (Wildman–Crippen MR) is 104 cm³/mol. The number of hydrogen-bond donors (Lipinski definition) is 1. The molecule has 0 radical (unpaired) electrons. The quantitative estimate of drug-likeness (QED) is 0.428. The molecule has 1 amide bonds. The summed E-state index contributed by atoms with van der Waals surface area (Å²) in [6.07, 6.45) is 5.08. The maximum atomic E-state index is 12.3. The lowest BCUT2D eigenvalue weighted by molar-refractivity contribution is -0.142. The Balaban J connectivity index is 1.36. The number of ether oxygens (including phenoxy) is 1. The van der Waals surface area contributed by atoms with Crippen molar-refractivity contribution in [2.75, 3.05) is 13.2 Å². The highest BCUT2D eigenvalue weighted by Gasteiger charge is 2.14. The molecule has 27 heavy (non-hydrogen) atoms. The van der Waals surface area contributed by atoms with Gasteiger partial charge in [0.2, 0.25) is 0 Å². The molecule has 142 valence electrons. The van der Waals surface area contributed by atoms with E-state index in [4.69, 9.17) is 4.74 Å². The van der Waals surface area contributed by atoms with Gasteiger partial charge < -0.3 is 10.1 Å². The van der Waals surface area contributed by atoms with Gasteiger partial charge in [-0.1, -0.05) is 12.1 Å². The van der Waals surface area contributed by atoms with Crippen LogP contribution in [0.4, 0.5) is 0 Å². The fraction of sp³-hybridized carbons (Fsp3) is 0.381. The van der Waals surface area contributed by atoms with Gasteiger partial charge in [0, 0.05) is 29.5 Å². The van der Waals surface area contributed by atoms with E-state index in [-0.39, 0.29) is 24.7 Å². The Hall–Kier alpha value is -2.47. The average molecular weight is 385 g/mol. The van der Waals surface area contributed by atoms with Crippen molar-refractivity contribution in [3.63, 3.8) is 0 Å². The van der Waals surface area contributed by atoms with Crippen LogP contribution < -0.4 is 5.32 Å². The van der Waals surface area contributed by atoms with Crippen molar-refractivity contribution in [1.29, 1.82) is 0 Å². The molecule has 3 rings (SSSR count). The Labute approximate surface area is 162 Å². The van der Waals surface area contributed by atoms with Crippen LogP contribution in [0.2, 0.25) is 0 Å². The van der Waals surface area contributed by atoms with Gasteiger partial charge in [-0.2, -0.15) is 11.3 Å². The van der Waals surface area contributed by atoms with Gasteiger partial charge in [0.1, 0.15) is 0 Å². The Kier molecular flexibility index (Phi) is 6.76. The highest BCUT2D eigenvalue weighted by molar-refractivity contribution is 7.08. The van der Waals surface area contributed by atoms with E-state index in [0.717, 1.165) is 19.3 Å². The maximum absolute atomic E-state index is 12.3. The van der Waals surface area contributed by atoms with E-state index < -0.39 is 5.97 Å². The topological polar surface area (TPSA) is 72.5 Å². The molecule has 0 atom stereocenters. The molecule has 1 heterocycles. The largest absolute Gasteiger partial charge is 0.457 e. The van der Waals surface area contributed by atoms with E-state index in [1.165, 1.54) is 28.9 Å². The molecule has 0 fully saturated rings. The normalized spacial score (nSPS) is 12.9. The minimum Gasteiger partial charge on any atom is -0.457 e. The lowest BCUT2D eigenvalue weighted by Gasteiger charge is -2.16. The van der Waals surface area contributed by atoms with Gasteiger partial charge in [-0.15, -0.1) is 0 Å². The van der Waals surface area contributed by atoms with E-state index in [2.05, 4.69) is 5.32 Å². The lowest BCUT2D eigenvalue weighted by atomic mass is 9.90. The fourth-order valence-electron chi connectivity index (χ4n) is 3.14. The SMILES string of the molecule is O=C(CCCNC(=O)c1ccsc1)OCC(=O)c1ccc2c(c1)CCCC2. The van der Waals surface area contributed by atoms with Crippen molar-refractivity contribution < 1.29 is 19.1 Å². The van der Waals surface area contributed by atoms with Gasteiger partial charge in [0.05, 0.1) is 0 Å². The van der Waals surface area contributed by atoms with Crippen LogP contribution in [0.3, 0.4) is 0 Å². The number of rotatable bonds is 8. The summed E-state index contributed by atoms with van der Waals surface area (Å²) < 4.78 is 5.08. The number of esters is 1. The highest BCUT2D eigenvalue weighted by Crippen LogP contribution is 2.22. The summed E-state index contributed by atoms with van der Waals surface area (Å²) in [6, 6.07) is 7.52. The van der Waals surface area contributed by atoms with E-state index in [1.54, 1.807) is 11.4 Å². The van der Waals surface area contributed by atoms with E-state index in [1.807, 2.05) is 23.6 Å². The van der Waals surface area contributed by atoms with E-state index in [9.17, 15) is 14.4 Å². The zero-order chi connectivity index (χ0) is 19.1. The first kappa shape index (κ1) is 19.3. The van der Waals surface area contributed by atoms with Crippen LogP contribution in [-0.2, 0) is 22.4 Å². The van der Waals surface area contributed by atoms with Crippen LogP contribution in [0.1, 0.15) is 57.5 Å². The molecule has 6 heteroatoms.